The zero-order valence-corrected chi connectivity index (χ0v) is 15.1. The first-order chi connectivity index (χ1) is 13.0. The van der Waals surface area contributed by atoms with Crippen molar-refractivity contribution >= 4 is 46.2 Å². The number of aromatic nitrogens is 1. The number of nitrogens with zero attached hydrogens (tertiary/aromatic N) is 2. The van der Waals surface area contributed by atoms with Gasteiger partial charge in [0.05, 0.1) is 16.2 Å². The summed E-state index contributed by atoms with van der Waals surface area (Å²) in [6.45, 7) is 0. The molecule has 0 bridgehead atoms. The number of nitro groups is 1. The van der Waals surface area contributed by atoms with Gasteiger partial charge in [-0.3, -0.25) is 20.2 Å². The minimum Gasteiger partial charge on any atom is -0.451 e. The Morgan fingerprint density at radius 3 is 2.70 bits per heavy atom. The third-order valence-electron chi connectivity index (χ3n) is 3.43. The predicted octanol–water partition coefficient (Wildman–Crippen LogP) is 4.03. The first-order valence-corrected chi connectivity index (χ1v) is 8.31. The molecule has 0 radical (unpaired) electrons. The van der Waals surface area contributed by atoms with Gasteiger partial charge in [0, 0.05) is 12.3 Å². The van der Waals surface area contributed by atoms with Crippen LogP contribution in [0.3, 0.4) is 0 Å². The molecule has 0 spiro atoms. The molecule has 0 saturated heterocycles. The van der Waals surface area contributed by atoms with Crippen molar-refractivity contribution in [2.24, 2.45) is 0 Å². The Hall–Kier alpha value is -3.30. The quantitative estimate of drug-likeness (QED) is 0.293. The van der Waals surface area contributed by atoms with Crippen LogP contribution in [0.4, 0.5) is 11.4 Å². The molecule has 2 heterocycles. The van der Waals surface area contributed by atoms with E-state index in [0.717, 1.165) is 0 Å². The molecular weight excluding hydrogens is 392 g/mol. The number of hydrogen-bond donors (Lipinski definition) is 2. The van der Waals surface area contributed by atoms with E-state index in [9.17, 15) is 14.9 Å². The second-order valence-electron chi connectivity index (χ2n) is 5.19. The van der Waals surface area contributed by atoms with Crippen LogP contribution in [-0.4, -0.2) is 20.9 Å². The Balaban J connectivity index is 1.73. The number of hydrogen-bond acceptors (Lipinski definition) is 6. The topological polar surface area (TPSA) is 110 Å². The van der Waals surface area contributed by atoms with E-state index in [-0.39, 0.29) is 33.0 Å². The Labute approximate surface area is 163 Å². The lowest BCUT2D eigenvalue weighted by Gasteiger charge is -2.09. The van der Waals surface area contributed by atoms with E-state index < -0.39 is 10.8 Å². The molecule has 0 aliphatic heterocycles. The average Bonchev–Trinajstić information content (AvgIpc) is 3.14. The van der Waals surface area contributed by atoms with Crippen molar-refractivity contribution in [1.29, 1.82) is 0 Å². The molecule has 0 aliphatic rings. The van der Waals surface area contributed by atoms with Crippen LogP contribution in [0.5, 0.6) is 0 Å². The summed E-state index contributed by atoms with van der Waals surface area (Å²) in [6, 6.07) is 12.3. The standard InChI is InChI=1S/C17H11ClN4O4S/c18-15-11(5-3-9-19-15)20-17(27)21-16(23)14-8-7-13(26-14)10-4-1-2-6-12(10)22(24)25/h1-9H,(H2,20,21,23,27). The van der Waals surface area contributed by atoms with Gasteiger partial charge >= 0.3 is 0 Å². The van der Waals surface area contributed by atoms with Crippen LogP contribution >= 0.6 is 23.8 Å². The fourth-order valence-electron chi connectivity index (χ4n) is 2.24. The average molecular weight is 403 g/mol. The number of nitrogens with one attached hydrogen (secondary N) is 2. The first kappa shape index (κ1) is 18.5. The van der Waals surface area contributed by atoms with Crippen molar-refractivity contribution in [1.82, 2.24) is 10.3 Å². The number of para-hydroxylation sites is 1. The van der Waals surface area contributed by atoms with Gasteiger partial charge in [0.25, 0.3) is 11.6 Å². The van der Waals surface area contributed by atoms with Crippen molar-refractivity contribution in [3.63, 3.8) is 0 Å². The van der Waals surface area contributed by atoms with E-state index in [1.165, 1.54) is 30.5 Å². The Kier molecular flexibility index (Phi) is 5.43. The number of carbonyl (C=O) groups excluding carboxylic acids is 1. The van der Waals surface area contributed by atoms with Crippen LogP contribution in [-0.2, 0) is 0 Å². The molecular formula is C17H11ClN4O4S. The molecule has 0 atom stereocenters. The number of anilines is 1. The van der Waals surface area contributed by atoms with Gasteiger partial charge in [-0.1, -0.05) is 23.7 Å². The van der Waals surface area contributed by atoms with E-state index in [1.54, 1.807) is 24.3 Å². The summed E-state index contributed by atoms with van der Waals surface area (Å²) >= 11 is 11.0. The summed E-state index contributed by atoms with van der Waals surface area (Å²) in [5.74, 6) is -0.469. The number of halogens is 1. The molecule has 0 fully saturated rings. The van der Waals surface area contributed by atoms with Gasteiger partial charge in [-0.2, -0.15) is 0 Å². The summed E-state index contributed by atoms with van der Waals surface area (Å²) in [6.07, 6.45) is 1.52. The fourth-order valence-corrected chi connectivity index (χ4v) is 2.61. The number of amides is 1. The maximum absolute atomic E-state index is 12.3. The van der Waals surface area contributed by atoms with Gasteiger partial charge in [-0.15, -0.1) is 0 Å². The van der Waals surface area contributed by atoms with Gasteiger partial charge in [0.2, 0.25) is 0 Å². The number of carbonyl (C=O) groups is 1. The largest absolute Gasteiger partial charge is 0.451 e. The molecule has 2 N–H and O–H groups in total. The smallest absolute Gasteiger partial charge is 0.293 e. The van der Waals surface area contributed by atoms with Crippen LogP contribution in [0.1, 0.15) is 10.6 Å². The summed E-state index contributed by atoms with van der Waals surface area (Å²) in [5, 5.41) is 16.5. The minimum atomic E-state index is -0.614. The molecule has 0 unspecified atom stereocenters. The molecule has 8 nitrogen and oxygen atoms in total. The molecule has 3 rings (SSSR count). The highest BCUT2D eigenvalue weighted by Crippen LogP contribution is 2.30. The fraction of sp³-hybridized carbons (Fsp3) is 0. The number of rotatable bonds is 4. The van der Waals surface area contributed by atoms with E-state index in [1.807, 2.05) is 0 Å². The van der Waals surface area contributed by atoms with E-state index in [2.05, 4.69) is 15.6 Å². The van der Waals surface area contributed by atoms with E-state index >= 15 is 0 Å². The second-order valence-corrected chi connectivity index (χ2v) is 5.95. The molecule has 27 heavy (non-hydrogen) atoms. The number of pyridine rings is 1. The van der Waals surface area contributed by atoms with Crippen molar-refractivity contribution < 1.29 is 14.1 Å². The lowest BCUT2D eigenvalue weighted by molar-refractivity contribution is -0.384. The second kappa shape index (κ2) is 7.94. The molecule has 2 aromatic heterocycles. The van der Waals surface area contributed by atoms with Gasteiger partial charge in [-0.25, -0.2) is 4.98 Å². The summed E-state index contributed by atoms with van der Waals surface area (Å²) in [7, 11) is 0. The zero-order valence-electron chi connectivity index (χ0n) is 13.5. The monoisotopic (exact) mass is 402 g/mol. The number of benzene rings is 1. The van der Waals surface area contributed by atoms with E-state index in [4.69, 9.17) is 28.2 Å². The highest BCUT2D eigenvalue weighted by Gasteiger charge is 2.19. The molecule has 10 heteroatoms. The molecule has 136 valence electrons. The van der Waals surface area contributed by atoms with Crippen molar-refractivity contribution in [3.05, 3.63) is 75.8 Å². The summed E-state index contributed by atoms with van der Waals surface area (Å²) < 4.78 is 5.45. The van der Waals surface area contributed by atoms with Crippen LogP contribution in [0.25, 0.3) is 11.3 Å². The lowest BCUT2D eigenvalue weighted by atomic mass is 10.1. The lowest BCUT2D eigenvalue weighted by Crippen LogP contribution is -2.34. The van der Waals surface area contributed by atoms with Gasteiger partial charge < -0.3 is 9.73 Å². The SMILES string of the molecule is O=C(NC(=S)Nc1cccnc1Cl)c1ccc(-c2ccccc2[N+](=O)[O-])o1. The normalized spacial score (nSPS) is 10.3. The molecule has 0 aliphatic carbocycles. The van der Waals surface area contributed by atoms with Gasteiger partial charge in [0.15, 0.2) is 16.0 Å². The van der Waals surface area contributed by atoms with Crippen molar-refractivity contribution in [3.8, 4) is 11.3 Å². The third kappa shape index (κ3) is 4.27. The highest BCUT2D eigenvalue weighted by molar-refractivity contribution is 7.80. The number of furan rings is 1. The van der Waals surface area contributed by atoms with E-state index in [0.29, 0.717) is 5.69 Å². The van der Waals surface area contributed by atoms with Crippen LogP contribution in [0.15, 0.2) is 59.1 Å². The Morgan fingerprint density at radius 2 is 1.96 bits per heavy atom. The molecule has 1 amide bonds. The molecule has 1 aromatic carbocycles. The number of thiocarbonyl (C=S) groups is 1. The Bertz CT molecular complexity index is 1040. The van der Waals surface area contributed by atoms with Crippen LogP contribution in [0, 0.1) is 10.1 Å². The van der Waals surface area contributed by atoms with Gasteiger partial charge in [-0.05, 0) is 42.5 Å². The van der Waals surface area contributed by atoms with Crippen LogP contribution in [0.2, 0.25) is 5.15 Å². The first-order valence-electron chi connectivity index (χ1n) is 7.52. The maximum Gasteiger partial charge on any atom is 0.293 e. The third-order valence-corrected chi connectivity index (χ3v) is 3.94. The maximum atomic E-state index is 12.3. The minimum absolute atomic E-state index is 0.00135. The van der Waals surface area contributed by atoms with Crippen molar-refractivity contribution in [2.75, 3.05) is 5.32 Å². The zero-order chi connectivity index (χ0) is 19.4. The number of nitro benzene ring substituents is 1. The summed E-state index contributed by atoms with van der Waals surface area (Å²) in [4.78, 5) is 26.8. The van der Waals surface area contributed by atoms with Gasteiger partial charge in [0.1, 0.15) is 5.76 Å². The Morgan fingerprint density at radius 1 is 1.19 bits per heavy atom. The van der Waals surface area contributed by atoms with Crippen LogP contribution < -0.4 is 10.6 Å². The summed E-state index contributed by atoms with van der Waals surface area (Å²) in [5.41, 5.74) is 0.580. The van der Waals surface area contributed by atoms with Crippen molar-refractivity contribution in [2.45, 2.75) is 0 Å². The predicted molar refractivity (Wildman–Crippen MR) is 104 cm³/mol. The molecule has 0 saturated carbocycles. The molecule has 3 aromatic rings. The highest BCUT2D eigenvalue weighted by atomic mass is 35.5.